The molecule has 0 fully saturated rings. The van der Waals surface area contributed by atoms with Crippen molar-refractivity contribution in [2.75, 3.05) is 6.61 Å². The molecule has 1 amide bonds. The molecule has 0 atom stereocenters. The minimum absolute atomic E-state index is 0.0735. The molecule has 0 spiro atoms. The molecule has 2 rings (SSSR count). The summed E-state index contributed by atoms with van der Waals surface area (Å²) in [6, 6.07) is 5.56. The van der Waals surface area contributed by atoms with E-state index in [4.69, 9.17) is 4.74 Å². The molecule has 9 nitrogen and oxygen atoms in total. The third kappa shape index (κ3) is 6.41. The fourth-order valence-electron chi connectivity index (χ4n) is 1.96. The number of hydrogen-bond donors (Lipinski definition) is 1. The molecule has 0 saturated carbocycles. The lowest BCUT2D eigenvalue weighted by molar-refractivity contribution is -0.385. The van der Waals surface area contributed by atoms with Gasteiger partial charge in [0.25, 0.3) is 5.91 Å². The number of hydrazone groups is 1. The van der Waals surface area contributed by atoms with Crippen molar-refractivity contribution in [1.82, 2.24) is 15.2 Å². The number of hydrogen-bond acceptors (Lipinski definition) is 6. The lowest BCUT2D eigenvalue weighted by atomic mass is 10.2. The molecular formula is C15H14F3N5O4. The molecule has 12 heteroatoms. The largest absolute Gasteiger partial charge is 0.477 e. The van der Waals surface area contributed by atoms with Crippen LogP contribution in [-0.4, -0.2) is 39.6 Å². The molecular weight excluding hydrogens is 371 g/mol. The number of nitrogens with zero attached hydrogens (tertiary/aromatic N) is 4. The summed E-state index contributed by atoms with van der Waals surface area (Å²) in [6.45, 7) is -0.103. The Labute approximate surface area is 150 Å². The fourth-order valence-corrected chi connectivity index (χ4v) is 1.96. The molecule has 0 radical (unpaired) electrons. The van der Waals surface area contributed by atoms with Crippen LogP contribution in [-0.2, 0) is 11.3 Å². The molecule has 0 bridgehead atoms. The van der Waals surface area contributed by atoms with Gasteiger partial charge in [0.05, 0.1) is 11.1 Å². The Morgan fingerprint density at radius 3 is 2.85 bits per heavy atom. The molecule has 0 saturated heterocycles. The van der Waals surface area contributed by atoms with Crippen LogP contribution in [0.25, 0.3) is 0 Å². The van der Waals surface area contributed by atoms with Crippen molar-refractivity contribution in [3.05, 3.63) is 51.8 Å². The zero-order valence-corrected chi connectivity index (χ0v) is 13.9. The summed E-state index contributed by atoms with van der Waals surface area (Å²) in [7, 11) is 0. The number of rotatable bonds is 7. The van der Waals surface area contributed by atoms with Crippen LogP contribution in [0.2, 0.25) is 0 Å². The van der Waals surface area contributed by atoms with Gasteiger partial charge in [-0.05, 0) is 24.6 Å². The van der Waals surface area contributed by atoms with Gasteiger partial charge in [0.15, 0.2) is 12.4 Å². The Balaban J connectivity index is 1.86. The van der Waals surface area contributed by atoms with Crippen molar-refractivity contribution in [3.8, 4) is 5.75 Å². The summed E-state index contributed by atoms with van der Waals surface area (Å²) in [5.41, 5.74) is 2.57. The van der Waals surface area contributed by atoms with E-state index < -0.39 is 30.2 Å². The highest BCUT2D eigenvalue weighted by Gasteiger charge is 2.28. The minimum atomic E-state index is -4.40. The first-order chi connectivity index (χ1) is 12.6. The summed E-state index contributed by atoms with van der Waals surface area (Å²) < 4.78 is 42.5. The van der Waals surface area contributed by atoms with Gasteiger partial charge in [0.2, 0.25) is 0 Å². The Bertz CT molecular complexity index is 863. The molecule has 0 aliphatic rings. The summed E-state index contributed by atoms with van der Waals surface area (Å²) in [4.78, 5) is 22.0. The van der Waals surface area contributed by atoms with Gasteiger partial charge in [-0.1, -0.05) is 6.07 Å². The van der Waals surface area contributed by atoms with Gasteiger partial charge >= 0.3 is 11.9 Å². The maximum atomic E-state index is 12.2. The number of ether oxygens (including phenoxy) is 1. The maximum Gasteiger partial charge on any atom is 0.408 e. The SMILES string of the molecule is Cc1ccc(OCC(=O)N/N=C\c2ccn(CC(F)(F)F)n2)c([N+](=O)[O-])c1. The number of aromatic nitrogens is 2. The van der Waals surface area contributed by atoms with Crippen molar-refractivity contribution in [2.45, 2.75) is 19.6 Å². The summed E-state index contributed by atoms with van der Waals surface area (Å²) in [5, 5.41) is 18.1. The molecule has 1 N–H and O–H groups in total. The average Bonchev–Trinajstić information content (AvgIpc) is 2.98. The number of alkyl halides is 3. The van der Waals surface area contributed by atoms with Crippen molar-refractivity contribution in [3.63, 3.8) is 0 Å². The van der Waals surface area contributed by atoms with E-state index in [1.807, 2.05) is 0 Å². The average molecular weight is 385 g/mol. The Morgan fingerprint density at radius 1 is 1.44 bits per heavy atom. The molecule has 0 unspecified atom stereocenters. The van der Waals surface area contributed by atoms with Crippen LogP contribution in [0.3, 0.4) is 0 Å². The molecule has 1 aromatic heterocycles. The highest BCUT2D eigenvalue weighted by molar-refractivity contribution is 5.81. The first kappa shape index (κ1) is 19.9. The first-order valence-electron chi connectivity index (χ1n) is 7.44. The van der Waals surface area contributed by atoms with E-state index in [9.17, 15) is 28.1 Å². The maximum absolute atomic E-state index is 12.2. The Hall–Kier alpha value is -3.44. The van der Waals surface area contributed by atoms with Gasteiger partial charge in [0.1, 0.15) is 12.2 Å². The van der Waals surface area contributed by atoms with Crippen molar-refractivity contribution < 1.29 is 27.6 Å². The van der Waals surface area contributed by atoms with Crippen LogP contribution >= 0.6 is 0 Å². The van der Waals surface area contributed by atoms with E-state index in [1.54, 1.807) is 13.0 Å². The Kier molecular flexibility index (Phi) is 6.11. The molecule has 27 heavy (non-hydrogen) atoms. The lowest BCUT2D eigenvalue weighted by Crippen LogP contribution is -2.24. The normalized spacial score (nSPS) is 11.6. The number of nitro benzene ring substituents is 1. The van der Waals surface area contributed by atoms with E-state index in [0.29, 0.717) is 10.2 Å². The van der Waals surface area contributed by atoms with Gasteiger partial charge < -0.3 is 4.74 Å². The minimum Gasteiger partial charge on any atom is -0.477 e. The molecule has 0 aliphatic heterocycles. The van der Waals surface area contributed by atoms with E-state index in [0.717, 1.165) is 12.4 Å². The molecule has 0 aliphatic carbocycles. The van der Waals surface area contributed by atoms with Gasteiger partial charge in [-0.25, -0.2) is 5.43 Å². The zero-order chi connectivity index (χ0) is 20.0. The van der Waals surface area contributed by atoms with Crippen molar-refractivity contribution in [1.29, 1.82) is 0 Å². The first-order valence-corrected chi connectivity index (χ1v) is 7.44. The number of nitrogens with one attached hydrogen (secondary N) is 1. The molecule has 1 aromatic carbocycles. The van der Waals surface area contributed by atoms with Crippen LogP contribution in [0.1, 0.15) is 11.3 Å². The van der Waals surface area contributed by atoms with Crippen LogP contribution < -0.4 is 10.2 Å². The third-order valence-corrected chi connectivity index (χ3v) is 3.06. The highest BCUT2D eigenvalue weighted by Crippen LogP contribution is 2.27. The van der Waals surface area contributed by atoms with Crippen LogP contribution in [0.5, 0.6) is 5.75 Å². The smallest absolute Gasteiger partial charge is 0.408 e. The fraction of sp³-hybridized carbons (Fsp3) is 0.267. The van der Waals surface area contributed by atoms with Crippen molar-refractivity contribution in [2.24, 2.45) is 5.10 Å². The number of nitro groups is 1. The van der Waals surface area contributed by atoms with Crippen LogP contribution in [0, 0.1) is 17.0 Å². The van der Waals surface area contributed by atoms with E-state index in [1.165, 1.54) is 18.2 Å². The number of benzene rings is 1. The second-order valence-corrected chi connectivity index (χ2v) is 5.36. The second kappa shape index (κ2) is 8.29. The monoisotopic (exact) mass is 385 g/mol. The summed E-state index contributed by atoms with van der Waals surface area (Å²) >= 11 is 0. The van der Waals surface area contributed by atoms with Gasteiger partial charge in [-0.2, -0.15) is 23.4 Å². The molecule has 2 aromatic rings. The number of aryl methyl sites for hydroxylation is 1. The van der Waals surface area contributed by atoms with Crippen LogP contribution in [0.4, 0.5) is 18.9 Å². The topological polar surface area (TPSA) is 112 Å². The summed E-state index contributed by atoms with van der Waals surface area (Å²) in [5.74, 6) is -0.786. The Morgan fingerprint density at radius 2 is 2.19 bits per heavy atom. The quantitative estimate of drug-likeness (QED) is 0.446. The lowest BCUT2D eigenvalue weighted by Gasteiger charge is -2.06. The number of carbonyl (C=O) groups is 1. The van der Waals surface area contributed by atoms with Gasteiger partial charge in [-0.15, -0.1) is 0 Å². The standard InChI is InChI=1S/C15H14F3N5O4/c1-10-2-3-13(12(6-10)23(25)26)27-8-14(24)20-19-7-11-4-5-22(21-11)9-15(16,17)18/h2-7H,8-9H2,1H3,(H,20,24)/b19-7-. The predicted molar refractivity (Wildman–Crippen MR) is 87.3 cm³/mol. The third-order valence-electron chi connectivity index (χ3n) is 3.06. The van der Waals surface area contributed by atoms with Crippen LogP contribution in [0.15, 0.2) is 35.6 Å². The van der Waals surface area contributed by atoms with E-state index in [2.05, 4.69) is 15.6 Å². The molecule has 1 heterocycles. The summed E-state index contributed by atoms with van der Waals surface area (Å²) in [6.07, 6.45) is -2.22. The van der Waals surface area contributed by atoms with Crippen molar-refractivity contribution >= 4 is 17.8 Å². The van der Waals surface area contributed by atoms with Gasteiger partial charge in [-0.3, -0.25) is 19.6 Å². The zero-order valence-electron chi connectivity index (χ0n) is 13.9. The van der Waals surface area contributed by atoms with E-state index in [-0.39, 0.29) is 17.1 Å². The number of amides is 1. The van der Waals surface area contributed by atoms with Gasteiger partial charge in [0, 0.05) is 12.3 Å². The van der Waals surface area contributed by atoms with E-state index >= 15 is 0 Å². The highest BCUT2D eigenvalue weighted by atomic mass is 19.4. The number of carbonyl (C=O) groups excluding carboxylic acids is 1. The number of halogens is 3. The second-order valence-electron chi connectivity index (χ2n) is 5.36. The predicted octanol–water partition coefficient (Wildman–Crippen LogP) is 2.19. The molecule has 144 valence electrons.